The third-order valence-electron chi connectivity index (χ3n) is 3.95. The Morgan fingerprint density at radius 3 is 2.52 bits per heavy atom. The predicted octanol–water partition coefficient (Wildman–Crippen LogP) is 5.31. The average molecular weight is 421 g/mol. The van der Waals surface area contributed by atoms with E-state index in [0.717, 1.165) is 11.5 Å². The summed E-state index contributed by atoms with van der Waals surface area (Å²) in [4.78, 5) is 12.6. The Bertz CT molecular complexity index is 972. The highest BCUT2D eigenvalue weighted by molar-refractivity contribution is 8.00. The van der Waals surface area contributed by atoms with Gasteiger partial charge in [0, 0.05) is 5.69 Å². The van der Waals surface area contributed by atoms with E-state index < -0.39 is 5.25 Å². The molecule has 2 aromatic carbocycles. The molecule has 1 unspecified atom stereocenters. The maximum atomic E-state index is 12.6. The molecule has 1 N–H and O–H groups in total. The van der Waals surface area contributed by atoms with Crippen LogP contribution < -0.4 is 5.32 Å². The van der Waals surface area contributed by atoms with Crippen molar-refractivity contribution >= 4 is 46.6 Å². The Labute approximate surface area is 172 Å². The summed E-state index contributed by atoms with van der Waals surface area (Å²) in [5, 5.41) is 12.2. The lowest BCUT2D eigenvalue weighted by Crippen LogP contribution is -2.23. The van der Waals surface area contributed by atoms with Crippen LogP contribution in [0.1, 0.15) is 18.3 Å². The molecule has 1 heterocycles. The number of rotatable bonds is 5. The number of amides is 1. The summed E-state index contributed by atoms with van der Waals surface area (Å²) in [6.07, 6.45) is 0. The van der Waals surface area contributed by atoms with Crippen molar-refractivity contribution in [2.75, 3.05) is 5.32 Å². The zero-order chi connectivity index (χ0) is 19.6. The number of aromatic nitrogens is 3. The molecule has 1 aromatic heterocycles. The number of thioether (sulfide) groups is 1. The van der Waals surface area contributed by atoms with Crippen molar-refractivity contribution in [3.05, 3.63) is 63.9 Å². The van der Waals surface area contributed by atoms with E-state index in [0.29, 0.717) is 20.9 Å². The van der Waals surface area contributed by atoms with E-state index in [4.69, 9.17) is 23.2 Å². The first-order valence-electron chi connectivity index (χ1n) is 8.27. The Balaban J connectivity index is 1.78. The first-order chi connectivity index (χ1) is 12.9. The average Bonchev–Trinajstić information content (AvgIpc) is 3.00. The van der Waals surface area contributed by atoms with Crippen molar-refractivity contribution in [2.45, 2.75) is 31.2 Å². The van der Waals surface area contributed by atoms with Crippen LogP contribution in [0.25, 0.3) is 5.69 Å². The maximum Gasteiger partial charge on any atom is 0.237 e. The Morgan fingerprint density at radius 2 is 1.81 bits per heavy atom. The summed E-state index contributed by atoms with van der Waals surface area (Å²) in [6, 6.07) is 13.2. The number of benzene rings is 2. The van der Waals surface area contributed by atoms with Crippen LogP contribution in [0.2, 0.25) is 10.0 Å². The largest absolute Gasteiger partial charge is 0.324 e. The monoisotopic (exact) mass is 420 g/mol. The predicted molar refractivity (Wildman–Crippen MR) is 111 cm³/mol. The van der Waals surface area contributed by atoms with E-state index in [9.17, 15) is 4.79 Å². The minimum atomic E-state index is -0.409. The normalized spacial score (nSPS) is 12.0. The molecule has 0 saturated heterocycles. The number of carbonyl (C=O) groups excluding carboxylic acids is 1. The minimum Gasteiger partial charge on any atom is -0.324 e. The fraction of sp³-hybridized carbons (Fsp3) is 0.211. The molecule has 0 radical (unpaired) electrons. The van der Waals surface area contributed by atoms with Gasteiger partial charge >= 0.3 is 0 Å². The van der Waals surface area contributed by atoms with Crippen molar-refractivity contribution in [3.8, 4) is 5.69 Å². The number of hydrogen-bond acceptors (Lipinski definition) is 4. The van der Waals surface area contributed by atoms with Gasteiger partial charge in [-0.3, -0.25) is 9.36 Å². The number of nitrogens with zero attached hydrogens (tertiary/aromatic N) is 3. The van der Waals surface area contributed by atoms with Crippen LogP contribution >= 0.6 is 35.0 Å². The van der Waals surface area contributed by atoms with Gasteiger partial charge in [-0.2, -0.15) is 0 Å². The zero-order valence-corrected chi connectivity index (χ0v) is 17.4. The Morgan fingerprint density at radius 1 is 1.11 bits per heavy atom. The Hall–Kier alpha value is -2.02. The van der Waals surface area contributed by atoms with Crippen molar-refractivity contribution in [1.82, 2.24) is 14.8 Å². The van der Waals surface area contributed by atoms with Crippen molar-refractivity contribution < 1.29 is 4.79 Å². The lowest BCUT2D eigenvalue weighted by Gasteiger charge is -2.14. The van der Waals surface area contributed by atoms with E-state index in [-0.39, 0.29) is 5.91 Å². The second-order valence-electron chi connectivity index (χ2n) is 6.05. The molecule has 27 heavy (non-hydrogen) atoms. The van der Waals surface area contributed by atoms with Crippen molar-refractivity contribution in [2.24, 2.45) is 0 Å². The van der Waals surface area contributed by atoms with Crippen LogP contribution in [0.15, 0.2) is 47.6 Å². The Kier molecular flexibility index (Phi) is 6.09. The van der Waals surface area contributed by atoms with E-state index in [2.05, 4.69) is 15.5 Å². The molecule has 1 amide bonds. The van der Waals surface area contributed by atoms with Gasteiger partial charge in [0.15, 0.2) is 5.16 Å². The molecule has 0 saturated carbocycles. The van der Waals surface area contributed by atoms with Crippen LogP contribution in [-0.4, -0.2) is 25.9 Å². The second kappa shape index (κ2) is 8.33. The number of nitrogens with one attached hydrogen (secondary N) is 1. The molecule has 140 valence electrons. The summed E-state index contributed by atoms with van der Waals surface area (Å²) < 4.78 is 1.93. The van der Waals surface area contributed by atoms with Crippen LogP contribution in [0.4, 0.5) is 5.69 Å². The quantitative estimate of drug-likeness (QED) is 0.568. The van der Waals surface area contributed by atoms with Gasteiger partial charge in [0.25, 0.3) is 0 Å². The maximum absolute atomic E-state index is 12.6. The van der Waals surface area contributed by atoms with Crippen LogP contribution in [0.5, 0.6) is 0 Å². The van der Waals surface area contributed by atoms with E-state index in [1.807, 2.05) is 49.6 Å². The molecule has 3 aromatic rings. The van der Waals surface area contributed by atoms with E-state index >= 15 is 0 Å². The molecule has 0 fully saturated rings. The number of aryl methyl sites for hydroxylation is 2. The molecular formula is C19H18Cl2N4OS. The molecule has 0 aliphatic rings. The van der Waals surface area contributed by atoms with Gasteiger partial charge in [-0.05, 0) is 45.0 Å². The van der Waals surface area contributed by atoms with Gasteiger partial charge in [0.1, 0.15) is 5.82 Å². The highest BCUT2D eigenvalue weighted by atomic mass is 35.5. The number of anilines is 1. The third-order valence-corrected chi connectivity index (χ3v) is 5.81. The first kappa shape index (κ1) is 19.7. The molecule has 0 bridgehead atoms. The summed E-state index contributed by atoms with van der Waals surface area (Å²) >= 11 is 13.5. The zero-order valence-electron chi connectivity index (χ0n) is 15.0. The summed E-state index contributed by atoms with van der Waals surface area (Å²) in [5.74, 6) is 0.562. The third kappa shape index (κ3) is 4.46. The molecular weight excluding hydrogens is 403 g/mol. The molecule has 5 nitrogen and oxygen atoms in total. The minimum absolute atomic E-state index is 0.194. The lowest BCUT2D eigenvalue weighted by atomic mass is 10.2. The van der Waals surface area contributed by atoms with Gasteiger partial charge in [-0.1, -0.05) is 58.7 Å². The molecule has 0 aliphatic heterocycles. The van der Waals surface area contributed by atoms with Gasteiger partial charge in [-0.15, -0.1) is 10.2 Å². The van der Waals surface area contributed by atoms with E-state index in [1.165, 1.54) is 17.3 Å². The standard InChI is InChI=1S/C19H18Cl2N4OS/c1-11-7-9-14(10-8-11)25-13(3)23-24-19(25)27-12(2)18(26)22-16-6-4-5-15(20)17(16)21/h4-10,12H,1-3H3,(H,22,26). The van der Waals surface area contributed by atoms with Gasteiger partial charge in [-0.25, -0.2) is 0 Å². The lowest BCUT2D eigenvalue weighted by molar-refractivity contribution is -0.115. The second-order valence-corrected chi connectivity index (χ2v) is 8.14. The number of hydrogen-bond donors (Lipinski definition) is 1. The number of halogens is 2. The van der Waals surface area contributed by atoms with Crippen molar-refractivity contribution in [3.63, 3.8) is 0 Å². The van der Waals surface area contributed by atoms with E-state index in [1.54, 1.807) is 18.2 Å². The highest BCUT2D eigenvalue weighted by Gasteiger charge is 2.21. The molecule has 0 spiro atoms. The number of carbonyl (C=O) groups is 1. The van der Waals surface area contributed by atoms with Crippen molar-refractivity contribution in [1.29, 1.82) is 0 Å². The summed E-state index contributed by atoms with van der Waals surface area (Å²) in [5.41, 5.74) is 2.61. The molecule has 8 heteroatoms. The molecule has 0 aliphatic carbocycles. The van der Waals surface area contributed by atoms with Gasteiger partial charge in [0.2, 0.25) is 5.91 Å². The summed E-state index contributed by atoms with van der Waals surface area (Å²) in [7, 11) is 0. The van der Waals surface area contributed by atoms with Crippen LogP contribution in [0.3, 0.4) is 0 Å². The van der Waals surface area contributed by atoms with Crippen LogP contribution in [0, 0.1) is 13.8 Å². The summed E-state index contributed by atoms with van der Waals surface area (Å²) in [6.45, 7) is 5.72. The van der Waals surface area contributed by atoms with Crippen LogP contribution in [-0.2, 0) is 4.79 Å². The fourth-order valence-electron chi connectivity index (χ4n) is 2.46. The SMILES string of the molecule is Cc1ccc(-n2c(C)nnc2SC(C)C(=O)Nc2cccc(Cl)c2Cl)cc1. The molecule has 3 rings (SSSR count). The molecule has 1 atom stereocenters. The topological polar surface area (TPSA) is 59.8 Å². The fourth-order valence-corrected chi connectivity index (χ4v) is 3.72. The first-order valence-corrected chi connectivity index (χ1v) is 9.91. The highest BCUT2D eigenvalue weighted by Crippen LogP contribution is 2.31. The van der Waals surface area contributed by atoms with Gasteiger partial charge in [0.05, 0.1) is 21.0 Å². The smallest absolute Gasteiger partial charge is 0.237 e. The van der Waals surface area contributed by atoms with Gasteiger partial charge < -0.3 is 5.32 Å².